The van der Waals surface area contributed by atoms with Crippen molar-refractivity contribution in [3.05, 3.63) is 12.7 Å². The summed E-state index contributed by atoms with van der Waals surface area (Å²) in [5.41, 5.74) is 0. The Labute approximate surface area is 166 Å². The van der Waals surface area contributed by atoms with E-state index in [1.807, 2.05) is 6.92 Å². The van der Waals surface area contributed by atoms with Crippen molar-refractivity contribution in [3.63, 3.8) is 0 Å². The lowest BCUT2D eigenvalue weighted by atomic mass is 10.1. The van der Waals surface area contributed by atoms with Crippen LogP contribution in [0.25, 0.3) is 0 Å². The average molecular weight is 379 g/mol. The van der Waals surface area contributed by atoms with E-state index in [1.54, 1.807) is 6.08 Å². The molecule has 1 atom stereocenters. The van der Waals surface area contributed by atoms with E-state index in [0.29, 0.717) is 12.8 Å². The summed E-state index contributed by atoms with van der Waals surface area (Å²) in [6, 6.07) is 0. The molecule has 0 aromatic carbocycles. The number of hydrogen-bond acceptors (Lipinski definition) is 4. The Morgan fingerprint density at radius 1 is 0.926 bits per heavy atom. The predicted molar refractivity (Wildman–Crippen MR) is 110 cm³/mol. The maximum Gasteiger partial charge on any atom is 0.306 e. The standard InChI is InChI=1S/C23H38O4/c1-4-6-7-8-9-10-11-12-13-14-15-20-26-22(24)18-16-19-23(25)27-21(3)17-5-2/h5,21H,2,4,6-13,16-20H2,1,3H3. The fourth-order valence-electron chi connectivity index (χ4n) is 2.62. The maximum absolute atomic E-state index is 11.6. The second kappa shape index (κ2) is 19.0. The smallest absolute Gasteiger partial charge is 0.306 e. The number of carbonyl (C=O) groups is 2. The van der Waals surface area contributed by atoms with E-state index in [9.17, 15) is 9.59 Å². The van der Waals surface area contributed by atoms with E-state index in [2.05, 4.69) is 25.3 Å². The first-order valence-corrected chi connectivity index (χ1v) is 10.5. The van der Waals surface area contributed by atoms with Crippen molar-refractivity contribution < 1.29 is 19.1 Å². The Morgan fingerprint density at radius 2 is 1.56 bits per heavy atom. The van der Waals surface area contributed by atoms with Gasteiger partial charge in [-0.2, -0.15) is 0 Å². The molecule has 0 aliphatic carbocycles. The number of hydrogen-bond donors (Lipinski definition) is 0. The summed E-state index contributed by atoms with van der Waals surface area (Å²) in [6.07, 6.45) is 14.2. The molecule has 1 unspecified atom stereocenters. The number of esters is 2. The Bertz CT molecular complexity index is 459. The topological polar surface area (TPSA) is 52.6 Å². The predicted octanol–water partition coefficient (Wildman–Crippen LogP) is 5.74. The first-order valence-electron chi connectivity index (χ1n) is 10.5. The molecule has 0 aromatic heterocycles. The first kappa shape index (κ1) is 25.2. The molecule has 0 bridgehead atoms. The maximum atomic E-state index is 11.6. The van der Waals surface area contributed by atoms with Crippen LogP contribution in [-0.4, -0.2) is 24.6 Å². The van der Waals surface area contributed by atoms with Crippen molar-refractivity contribution in [3.8, 4) is 11.8 Å². The highest BCUT2D eigenvalue weighted by Gasteiger charge is 2.09. The van der Waals surface area contributed by atoms with Crippen LogP contribution in [0, 0.1) is 11.8 Å². The van der Waals surface area contributed by atoms with Crippen LogP contribution in [0.15, 0.2) is 12.7 Å². The molecule has 0 aromatic rings. The molecule has 154 valence electrons. The van der Waals surface area contributed by atoms with Crippen LogP contribution in [0.4, 0.5) is 0 Å². The molecule has 4 nitrogen and oxygen atoms in total. The minimum atomic E-state index is -0.316. The molecule has 0 spiro atoms. The van der Waals surface area contributed by atoms with E-state index in [1.165, 1.54) is 44.9 Å². The third kappa shape index (κ3) is 18.8. The fraction of sp³-hybridized carbons (Fsp3) is 0.739. The zero-order chi connectivity index (χ0) is 20.2. The number of carbonyl (C=O) groups excluding carboxylic acids is 2. The van der Waals surface area contributed by atoms with Crippen LogP contribution < -0.4 is 0 Å². The van der Waals surface area contributed by atoms with Crippen LogP contribution >= 0.6 is 0 Å². The highest BCUT2D eigenvalue weighted by molar-refractivity contribution is 5.72. The molecule has 0 heterocycles. The molecule has 0 rings (SSSR count). The summed E-state index contributed by atoms with van der Waals surface area (Å²) >= 11 is 0. The van der Waals surface area contributed by atoms with Crippen molar-refractivity contribution in [2.75, 3.05) is 6.61 Å². The zero-order valence-corrected chi connectivity index (χ0v) is 17.4. The molecular weight excluding hydrogens is 340 g/mol. The van der Waals surface area contributed by atoms with Crippen molar-refractivity contribution >= 4 is 11.9 Å². The molecule has 0 saturated heterocycles. The van der Waals surface area contributed by atoms with Gasteiger partial charge in [-0.15, -0.1) is 6.58 Å². The molecule has 0 radical (unpaired) electrons. The monoisotopic (exact) mass is 378 g/mol. The second-order valence-corrected chi connectivity index (χ2v) is 6.92. The van der Waals surface area contributed by atoms with E-state index in [-0.39, 0.29) is 37.5 Å². The molecule has 4 heteroatoms. The lowest BCUT2D eigenvalue weighted by Crippen LogP contribution is -2.14. The molecule has 0 aliphatic rings. The summed E-state index contributed by atoms with van der Waals surface area (Å²) in [5.74, 6) is 5.32. The van der Waals surface area contributed by atoms with Gasteiger partial charge in [0.05, 0.1) is 0 Å². The van der Waals surface area contributed by atoms with E-state index >= 15 is 0 Å². The Balaban J connectivity index is 3.50. The fourth-order valence-corrected chi connectivity index (χ4v) is 2.62. The number of unbranched alkanes of at least 4 members (excludes halogenated alkanes) is 8. The van der Waals surface area contributed by atoms with Crippen molar-refractivity contribution in [1.82, 2.24) is 0 Å². The van der Waals surface area contributed by atoms with Gasteiger partial charge in [-0.3, -0.25) is 9.59 Å². The third-order valence-electron chi connectivity index (χ3n) is 4.18. The highest BCUT2D eigenvalue weighted by Crippen LogP contribution is 2.09. The molecule has 0 amide bonds. The van der Waals surface area contributed by atoms with Crippen LogP contribution in [-0.2, 0) is 19.1 Å². The molecular formula is C23H38O4. The van der Waals surface area contributed by atoms with Gasteiger partial charge in [0.25, 0.3) is 0 Å². The summed E-state index contributed by atoms with van der Waals surface area (Å²) in [6.45, 7) is 7.79. The van der Waals surface area contributed by atoms with Gasteiger partial charge in [-0.1, -0.05) is 69.8 Å². The minimum absolute atomic E-state index is 0.136. The van der Waals surface area contributed by atoms with Crippen molar-refractivity contribution in [2.24, 2.45) is 0 Å². The van der Waals surface area contributed by atoms with Gasteiger partial charge in [0.15, 0.2) is 6.61 Å². The molecule has 0 aliphatic heterocycles. The Morgan fingerprint density at radius 3 is 2.22 bits per heavy atom. The molecule has 0 N–H and O–H groups in total. The Kier molecular flexibility index (Phi) is 17.8. The summed E-state index contributed by atoms with van der Waals surface area (Å²) < 4.78 is 10.2. The lowest BCUT2D eigenvalue weighted by Gasteiger charge is -2.10. The van der Waals surface area contributed by atoms with Gasteiger partial charge < -0.3 is 9.47 Å². The summed E-state index contributed by atoms with van der Waals surface area (Å²) in [5, 5.41) is 0. The van der Waals surface area contributed by atoms with Crippen LogP contribution in [0.3, 0.4) is 0 Å². The van der Waals surface area contributed by atoms with E-state index in [4.69, 9.17) is 9.47 Å². The Hall–Kier alpha value is -1.76. The highest BCUT2D eigenvalue weighted by atomic mass is 16.5. The third-order valence-corrected chi connectivity index (χ3v) is 4.18. The van der Waals surface area contributed by atoms with Gasteiger partial charge in [-0.25, -0.2) is 0 Å². The molecule has 27 heavy (non-hydrogen) atoms. The van der Waals surface area contributed by atoms with Crippen molar-refractivity contribution in [2.45, 2.75) is 103 Å². The van der Waals surface area contributed by atoms with E-state index in [0.717, 1.165) is 12.8 Å². The second-order valence-electron chi connectivity index (χ2n) is 6.92. The van der Waals surface area contributed by atoms with E-state index < -0.39 is 0 Å². The summed E-state index contributed by atoms with van der Waals surface area (Å²) in [4.78, 5) is 23.1. The van der Waals surface area contributed by atoms with Crippen molar-refractivity contribution in [1.29, 1.82) is 0 Å². The first-order chi connectivity index (χ1) is 13.1. The summed E-state index contributed by atoms with van der Waals surface area (Å²) in [7, 11) is 0. The zero-order valence-electron chi connectivity index (χ0n) is 17.4. The number of ether oxygens (including phenoxy) is 2. The SMILES string of the molecule is C=CCC(C)OC(=O)CCCC(=O)OCC#CCCCCCCCCCC. The quantitative estimate of drug-likeness (QED) is 0.149. The average Bonchev–Trinajstić information content (AvgIpc) is 2.62. The van der Waals surface area contributed by atoms with Gasteiger partial charge in [-0.05, 0) is 19.8 Å². The molecule has 0 saturated carbocycles. The lowest BCUT2D eigenvalue weighted by molar-refractivity contribution is -0.148. The minimum Gasteiger partial charge on any atom is -0.462 e. The van der Waals surface area contributed by atoms with Crippen LogP contribution in [0.2, 0.25) is 0 Å². The number of rotatable bonds is 16. The van der Waals surface area contributed by atoms with Gasteiger partial charge in [0.1, 0.15) is 6.10 Å². The molecule has 0 fully saturated rings. The van der Waals surface area contributed by atoms with Gasteiger partial charge in [0.2, 0.25) is 0 Å². The van der Waals surface area contributed by atoms with Crippen LogP contribution in [0.5, 0.6) is 0 Å². The van der Waals surface area contributed by atoms with Crippen LogP contribution in [0.1, 0.15) is 97.3 Å². The normalized spacial score (nSPS) is 11.2. The largest absolute Gasteiger partial charge is 0.462 e. The van der Waals surface area contributed by atoms with Gasteiger partial charge in [0, 0.05) is 25.7 Å². The van der Waals surface area contributed by atoms with Gasteiger partial charge >= 0.3 is 11.9 Å².